The minimum atomic E-state index is -1.04. The third kappa shape index (κ3) is 6.58. The summed E-state index contributed by atoms with van der Waals surface area (Å²) >= 11 is 0. The van der Waals surface area contributed by atoms with Crippen LogP contribution in [0.1, 0.15) is 70.8 Å². The van der Waals surface area contributed by atoms with Crippen molar-refractivity contribution in [1.82, 2.24) is 14.8 Å². The number of rotatable bonds is 7. The number of pyridine rings is 1. The summed E-state index contributed by atoms with van der Waals surface area (Å²) in [4.78, 5) is 31.5. The third-order valence-corrected chi connectivity index (χ3v) is 6.20. The quantitative estimate of drug-likeness (QED) is 0.674. The number of ether oxygens (including phenoxy) is 2. The van der Waals surface area contributed by atoms with Crippen molar-refractivity contribution in [2.75, 3.05) is 19.6 Å². The summed E-state index contributed by atoms with van der Waals surface area (Å²) in [6.45, 7) is 12.7. The second kappa shape index (κ2) is 10.1. The molecular weight excluding hydrogens is 410 g/mol. The second-order valence-corrected chi connectivity index (χ2v) is 10.3. The standard InChI is InChI=1S/C24H37N3O5/c1-16(2)27(15-17-8-10-26(11-9-17)23(30)32-24(3,4)5)18-12-20(13-18)31-19-6-7-21(22(28)29)25-14-19/h6-7,14,16-18,20H,8-13,15H2,1-5H3,(H,28,29)/t18-,20-. The van der Waals surface area contributed by atoms with Gasteiger partial charge < -0.3 is 19.5 Å². The fourth-order valence-electron chi connectivity index (χ4n) is 4.38. The zero-order valence-electron chi connectivity index (χ0n) is 19.9. The van der Waals surface area contributed by atoms with Crippen LogP contribution in [0, 0.1) is 5.92 Å². The number of carbonyl (C=O) groups excluding carboxylic acids is 1. The Morgan fingerprint density at radius 1 is 1.22 bits per heavy atom. The van der Waals surface area contributed by atoms with Crippen molar-refractivity contribution in [2.24, 2.45) is 5.92 Å². The number of likely N-dealkylation sites (tertiary alicyclic amines) is 1. The smallest absolute Gasteiger partial charge is 0.410 e. The Morgan fingerprint density at radius 2 is 1.88 bits per heavy atom. The van der Waals surface area contributed by atoms with E-state index in [1.807, 2.05) is 25.7 Å². The highest BCUT2D eigenvalue weighted by molar-refractivity contribution is 5.85. The lowest BCUT2D eigenvalue weighted by Gasteiger charge is -2.46. The van der Waals surface area contributed by atoms with Gasteiger partial charge in [0.05, 0.1) is 6.20 Å². The van der Waals surface area contributed by atoms with Crippen LogP contribution in [0.15, 0.2) is 18.3 Å². The van der Waals surface area contributed by atoms with Crippen molar-refractivity contribution in [1.29, 1.82) is 0 Å². The fourth-order valence-corrected chi connectivity index (χ4v) is 4.38. The van der Waals surface area contributed by atoms with E-state index in [9.17, 15) is 9.59 Å². The molecule has 1 aliphatic carbocycles. The van der Waals surface area contributed by atoms with Crippen LogP contribution in [0.25, 0.3) is 0 Å². The zero-order chi connectivity index (χ0) is 23.5. The normalized spacial score (nSPS) is 22.0. The molecule has 1 aliphatic heterocycles. The molecule has 2 fully saturated rings. The molecule has 0 aromatic carbocycles. The molecule has 1 amide bonds. The highest BCUT2D eigenvalue weighted by Crippen LogP contribution is 2.33. The van der Waals surface area contributed by atoms with Crippen molar-refractivity contribution in [3.8, 4) is 5.75 Å². The molecular formula is C24H37N3O5. The van der Waals surface area contributed by atoms with Crippen LogP contribution in [0.2, 0.25) is 0 Å². The zero-order valence-corrected chi connectivity index (χ0v) is 19.9. The van der Waals surface area contributed by atoms with E-state index in [4.69, 9.17) is 14.6 Å². The third-order valence-electron chi connectivity index (χ3n) is 6.20. The summed E-state index contributed by atoms with van der Waals surface area (Å²) in [5, 5.41) is 8.95. The number of amides is 1. The predicted molar refractivity (Wildman–Crippen MR) is 121 cm³/mol. The van der Waals surface area contributed by atoms with Crippen LogP contribution >= 0.6 is 0 Å². The molecule has 1 N–H and O–H groups in total. The largest absolute Gasteiger partial charge is 0.489 e. The van der Waals surface area contributed by atoms with Crippen LogP contribution < -0.4 is 4.74 Å². The van der Waals surface area contributed by atoms with Crippen LogP contribution in [0.3, 0.4) is 0 Å². The summed E-state index contributed by atoms with van der Waals surface area (Å²) in [6, 6.07) is 4.07. The number of hydrogen-bond acceptors (Lipinski definition) is 6. The van der Waals surface area contributed by atoms with Gasteiger partial charge in [-0.2, -0.15) is 0 Å². The van der Waals surface area contributed by atoms with Crippen molar-refractivity contribution >= 4 is 12.1 Å². The molecule has 2 heterocycles. The molecule has 8 heteroatoms. The minimum absolute atomic E-state index is 0.0209. The summed E-state index contributed by atoms with van der Waals surface area (Å²) < 4.78 is 11.5. The van der Waals surface area contributed by atoms with Gasteiger partial charge in [0.1, 0.15) is 23.1 Å². The maximum absolute atomic E-state index is 12.3. The molecule has 3 rings (SSSR count). The van der Waals surface area contributed by atoms with Crippen LogP contribution in [0.4, 0.5) is 4.79 Å². The van der Waals surface area contributed by atoms with Gasteiger partial charge in [-0.3, -0.25) is 4.90 Å². The van der Waals surface area contributed by atoms with Gasteiger partial charge in [0, 0.05) is 44.6 Å². The Hall–Kier alpha value is -2.35. The molecule has 1 saturated heterocycles. The first-order valence-corrected chi connectivity index (χ1v) is 11.6. The summed E-state index contributed by atoms with van der Waals surface area (Å²) in [7, 11) is 0. The van der Waals surface area contributed by atoms with Gasteiger partial charge >= 0.3 is 12.1 Å². The number of nitrogens with zero attached hydrogens (tertiary/aromatic N) is 3. The monoisotopic (exact) mass is 447 g/mol. The number of carboxylic acids is 1. The van der Waals surface area contributed by atoms with E-state index in [-0.39, 0.29) is 17.9 Å². The van der Waals surface area contributed by atoms with Crippen molar-refractivity contribution < 1.29 is 24.2 Å². The number of carbonyl (C=O) groups is 2. The topological polar surface area (TPSA) is 92.2 Å². The predicted octanol–water partition coefficient (Wildman–Crippen LogP) is 4.05. The SMILES string of the molecule is CC(C)N(CC1CCN(C(=O)OC(C)(C)C)CC1)[C@H]1C[C@H](Oc2ccc(C(=O)O)nc2)C1. The van der Waals surface area contributed by atoms with Gasteiger partial charge in [-0.25, -0.2) is 14.6 Å². The average molecular weight is 448 g/mol. The number of aromatic nitrogens is 1. The lowest BCUT2D eigenvalue weighted by atomic mass is 9.85. The molecule has 1 aromatic rings. The Kier molecular flexibility index (Phi) is 7.64. The van der Waals surface area contributed by atoms with Gasteiger partial charge in [-0.1, -0.05) is 0 Å². The van der Waals surface area contributed by atoms with E-state index in [2.05, 4.69) is 23.7 Å². The second-order valence-electron chi connectivity index (χ2n) is 10.3. The molecule has 1 aromatic heterocycles. The first kappa shape index (κ1) is 24.3. The maximum atomic E-state index is 12.3. The van der Waals surface area contributed by atoms with Crippen molar-refractivity contribution in [3.05, 3.63) is 24.0 Å². The Balaban J connectivity index is 1.44. The summed E-state index contributed by atoms with van der Waals surface area (Å²) in [5.74, 6) is 0.151. The summed E-state index contributed by atoms with van der Waals surface area (Å²) in [5.41, 5.74) is -0.438. The molecule has 0 unspecified atom stereocenters. The average Bonchev–Trinajstić information content (AvgIpc) is 2.68. The molecule has 0 atom stereocenters. The number of carboxylic acid groups (broad SMARTS) is 1. The number of piperidine rings is 1. The van der Waals surface area contributed by atoms with Gasteiger partial charge in [0.15, 0.2) is 0 Å². The van der Waals surface area contributed by atoms with Crippen LogP contribution in [0.5, 0.6) is 5.75 Å². The highest BCUT2D eigenvalue weighted by atomic mass is 16.6. The Bertz CT molecular complexity index is 776. The van der Waals surface area contributed by atoms with E-state index < -0.39 is 11.6 Å². The maximum Gasteiger partial charge on any atom is 0.410 e. The molecule has 0 radical (unpaired) electrons. The van der Waals surface area contributed by atoms with E-state index in [0.29, 0.717) is 23.8 Å². The Labute approximate surface area is 190 Å². The minimum Gasteiger partial charge on any atom is -0.489 e. The molecule has 8 nitrogen and oxygen atoms in total. The molecule has 0 bridgehead atoms. The fraction of sp³-hybridized carbons (Fsp3) is 0.708. The number of aromatic carboxylic acids is 1. The highest BCUT2D eigenvalue weighted by Gasteiger charge is 2.38. The molecule has 178 valence electrons. The van der Waals surface area contributed by atoms with Gasteiger partial charge in [-0.15, -0.1) is 0 Å². The van der Waals surface area contributed by atoms with E-state index in [1.165, 1.54) is 12.3 Å². The Morgan fingerprint density at radius 3 is 2.38 bits per heavy atom. The lowest BCUT2D eigenvalue weighted by Crippen LogP contribution is -2.54. The van der Waals surface area contributed by atoms with E-state index in [0.717, 1.165) is 45.3 Å². The van der Waals surface area contributed by atoms with Crippen molar-refractivity contribution in [3.63, 3.8) is 0 Å². The van der Waals surface area contributed by atoms with Crippen LogP contribution in [-0.2, 0) is 4.74 Å². The van der Waals surface area contributed by atoms with Gasteiger partial charge in [0.2, 0.25) is 0 Å². The number of hydrogen-bond donors (Lipinski definition) is 1. The van der Waals surface area contributed by atoms with E-state index >= 15 is 0 Å². The molecule has 0 spiro atoms. The first-order chi connectivity index (χ1) is 15.0. The van der Waals surface area contributed by atoms with Crippen molar-refractivity contribution in [2.45, 2.75) is 84.1 Å². The van der Waals surface area contributed by atoms with Crippen LogP contribution in [-0.4, -0.2) is 75.4 Å². The molecule has 2 aliphatic rings. The molecule has 1 saturated carbocycles. The van der Waals surface area contributed by atoms with E-state index in [1.54, 1.807) is 6.07 Å². The van der Waals surface area contributed by atoms with Gasteiger partial charge in [-0.05, 0) is 65.5 Å². The van der Waals surface area contributed by atoms with Gasteiger partial charge in [0.25, 0.3) is 0 Å². The first-order valence-electron chi connectivity index (χ1n) is 11.6. The lowest BCUT2D eigenvalue weighted by molar-refractivity contribution is -0.0135. The molecule has 32 heavy (non-hydrogen) atoms. The summed E-state index contributed by atoms with van der Waals surface area (Å²) in [6.07, 6.45) is 5.31.